The Morgan fingerprint density at radius 2 is 2.02 bits per heavy atom. The first-order valence-electron chi connectivity index (χ1n) is 12.8. The van der Waals surface area contributed by atoms with Gasteiger partial charge in [0.15, 0.2) is 9.84 Å². The van der Waals surface area contributed by atoms with Gasteiger partial charge in [-0.05, 0) is 42.0 Å². The first kappa shape index (κ1) is 26.1. The molecule has 1 aliphatic rings. The van der Waals surface area contributed by atoms with Gasteiger partial charge in [0.1, 0.15) is 0 Å². The van der Waals surface area contributed by atoms with Crippen LogP contribution in [0.4, 0.5) is 0 Å². The van der Waals surface area contributed by atoms with Crippen LogP contribution in [0, 0.1) is 0 Å². The van der Waals surface area contributed by atoms with Crippen molar-refractivity contribution in [3.63, 3.8) is 0 Å². The number of ether oxygens (including phenoxy) is 2. The molecule has 10 nitrogen and oxygen atoms in total. The molecule has 0 saturated carbocycles. The molecule has 0 unspecified atom stereocenters. The minimum Gasteiger partial charge on any atom is -0.383 e. The van der Waals surface area contributed by atoms with Gasteiger partial charge in [-0.1, -0.05) is 18.2 Å². The van der Waals surface area contributed by atoms with Gasteiger partial charge in [-0.3, -0.25) is 14.5 Å². The van der Waals surface area contributed by atoms with Crippen molar-refractivity contribution in [2.75, 3.05) is 26.1 Å². The number of pyridine rings is 2. The second kappa shape index (κ2) is 10.8. The summed E-state index contributed by atoms with van der Waals surface area (Å²) in [5, 5.41) is 9.35. The molecule has 0 bridgehead atoms. The zero-order chi connectivity index (χ0) is 27.7. The molecule has 0 saturated heterocycles. The smallest absolute Gasteiger partial charge is 0.251 e. The van der Waals surface area contributed by atoms with E-state index in [-0.39, 0.29) is 41.9 Å². The molecule has 5 aromatic rings. The highest BCUT2D eigenvalue weighted by Crippen LogP contribution is 2.28. The summed E-state index contributed by atoms with van der Waals surface area (Å²) in [7, 11) is -1.84. The summed E-state index contributed by atoms with van der Waals surface area (Å²) in [6.45, 7) is 1.73. The first-order valence-corrected chi connectivity index (χ1v) is 14.5. The van der Waals surface area contributed by atoms with Crippen LogP contribution in [0.15, 0.2) is 71.9 Å². The average Bonchev–Trinajstić information content (AvgIpc) is 3.33. The standard InChI is InChI=1S/C29H27N5O5S/c1-38-10-9-34-17-24-23(3-2-4-26(24)33-34)25-8-7-20-15-30-22(14-27(20)32-25)16-31-29(35)19-5-6-21-18-39-11-12-40(36,37)28(21)13-19/h2-8,13-15,17H,9-12,16,18H2,1H3,(H,31,35). The molecule has 204 valence electrons. The SMILES string of the molecule is COCCn1cc2c(-c3ccc4cnc(CNC(=O)c5ccc6c(c5)S(=O)(=O)CCOC6)cc4n3)cccc2n1. The van der Waals surface area contributed by atoms with E-state index in [4.69, 9.17) is 14.5 Å². The van der Waals surface area contributed by atoms with E-state index in [1.807, 2.05) is 47.3 Å². The number of carbonyl (C=O) groups excluding carboxylic acids is 1. The van der Waals surface area contributed by atoms with Gasteiger partial charge in [-0.25, -0.2) is 13.4 Å². The highest BCUT2D eigenvalue weighted by atomic mass is 32.2. The van der Waals surface area contributed by atoms with Gasteiger partial charge in [-0.15, -0.1) is 0 Å². The Labute approximate surface area is 230 Å². The van der Waals surface area contributed by atoms with Crippen LogP contribution in [-0.4, -0.2) is 60.1 Å². The fraction of sp³-hybridized carbons (Fsp3) is 0.241. The molecule has 1 amide bonds. The monoisotopic (exact) mass is 557 g/mol. The number of nitrogens with zero attached hydrogens (tertiary/aromatic N) is 4. The number of fused-ring (bicyclic) bond motifs is 3. The van der Waals surface area contributed by atoms with Crippen molar-refractivity contribution in [3.05, 3.63) is 83.8 Å². The summed E-state index contributed by atoms with van der Waals surface area (Å²) in [4.78, 5) is 22.4. The van der Waals surface area contributed by atoms with Crippen molar-refractivity contribution in [1.82, 2.24) is 25.1 Å². The molecule has 0 atom stereocenters. The quantitative estimate of drug-likeness (QED) is 0.322. The van der Waals surface area contributed by atoms with Crippen molar-refractivity contribution in [2.24, 2.45) is 0 Å². The van der Waals surface area contributed by atoms with E-state index in [9.17, 15) is 13.2 Å². The van der Waals surface area contributed by atoms with Crippen LogP contribution < -0.4 is 5.32 Å². The predicted molar refractivity (Wildman–Crippen MR) is 149 cm³/mol. The second-order valence-electron chi connectivity index (χ2n) is 9.56. The molecule has 0 spiro atoms. The Morgan fingerprint density at radius 1 is 1.12 bits per heavy atom. The Bertz CT molecular complexity index is 1850. The van der Waals surface area contributed by atoms with Gasteiger partial charge in [0.2, 0.25) is 0 Å². The van der Waals surface area contributed by atoms with Crippen molar-refractivity contribution in [1.29, 1.82) is 0 Å². The molecule has 0 radical (unpaired) electrons. The first-order chi connectivity index (χ1) is 19.4. The molecule has 0 fully saturated rings. The number of nitrogens with one attached hydrogen (secondary N) is 1. The maximum atomic E-state index is 12.9. The molecule has 4 heterocycles. The van der Waals surface area contributed by atoms with Gasteiger partial charge >= 0.3 is 0 Å². The minimum absolute atomic E-state index is 0.105. The number of rotatable bonds is 7. The van der Waals surface area contributed by atoms with E-state index in [0.29, 0.717) is 24.4 Å². The molecule has 40 heavy (non-hydrogen) atoms. The number of hydrogen-bond donors (Lipinski definition) is 1. The molecule has 2 aromatic carbocycles. The predicted octanol–water partition coefficient (Wildman–Crippen LogP) is 3.53. The Morgan fingerprint density at radius 3 is 2.90 bits per heavy atom. The summed E-state index contributed by atoms with van der Waals surface area (Å²) < 4.78 is 37.6. The lowest BCUT2D eigenvalue weighted by molar-refractivity contribution is 0.0950. The molecule has 1 N–H and O–H groups in total. The molecule has 6 rings (SSSR count). The van der Waals surface area contributed by atoms with Crippen LogP contribution in [0.5, 0.6) is 0 Å². The largest absolute Gasteiger partial charge is 0.383 e. The minimum atomic E-state index is -3.51. The van der Waals surface area contributed by atoms with Crippen LogP contribution >= 0.6 is 0 Å². The lowest BCUT2D eigenvalue weighted by atomic mass is 10.1. The van der Waals surface area contributed by atoms with Crippen molar-refractivity contribution in [2.45, 2.75) is 24.6 Å². The van der Waals surface area contributed by atoms with Gasteiger partial charge in [-0.2, -0.15) is 5.10 Å². The van der Waals surface area contributed by atoms with Crippen molar-refractivity contribution >= 4 is 37.6 Å². The fourth-order valence-electron chi connectivity index (χ4n) is 4.76. The Balaban J connectivity index is 1.23. The van der Waals surface area contributed by atoms with Gasteiger partial charge in [0.05, 0.1) is 66.0 Å². The third-order valence-corrected chi connectivity index (χ3v) is 8.63. The number of carbonyl (C=O) groups is 1. The van der Waals surface area contributed by atoms with E-state index in [0.717, 1.165) is 33.1 Å². The van der Waals surface area contributed by atoms with Crippen molar-refractivity contribution < 1.29 is 22.7 Å². The van der Waals surface area contributed by atoms with Gasteiger partial charge < -0.3 is 14.8 Å². The third-order valence-electron chi connectivity index (χ3n) is 6.88. The van der Waals surface area contributed by atoms with E-state index in [2.05, 4.69) is 15.4 Å². The van der Waals surface area contributed by atoms with Gasteiger partial charge in [0.25, 0.3) is 5.91 Å². The second-order valence-corrected chi connectivity index (χ2v) is 11.6. The van der Waals surface area contributed by atoms with Crippen LogP contribution in [0.3, 0.4) is 0 Å². The molecule has 11 heteroatoms. The highest BCUT2D eigenvalue weighted by Gasteiger charge is 2.23. The topological polar surface area (TPSA) is 125 Å². The number of methoxy groups -OCH3 is 1. The summed E-state index contributed by atoms with van der Waals surface area (Å²) >= 11 is 0. The van der Waals surface area contributed by atoms with Crippen LogP contribution in [0.1, 0.15) is 21.6 Å². The molecule has 0 aliphatic carbocycles. The molecule has 3 aromatic heterocycles. The van der Waals surface area contributed by atoms with Crippen LogP contribution in [-0.2, 0) is 39.0 Å². The van der Waals surface area contributed by atoms with E-state index < -0.39 is 9.84 Å². The number of sulfone groups is 1. The van der Waals surface area contributed by atoms with Crippen LogP contribution in [0.2, 0.25) is 0 Å². The number of hydrogen-bond acceptors (Lipinski definition) is 8. The summed E-state index contributed by atoms with van der Waals surface area (Å²) in [5.74, 6) is -0.491. The number of amides is 1. The maximum Gasteiger partial charge on any atom is 0.251 e. The Kier molecular flexibility index (Phi) is 7.01. The van der Waals surface area contributed by atoms with E-state index in [1.54, 1.807) is 25.4 Å². The zero-order valence-corrected chi connectivity index (χ0v) is 22.6. The lowest BCUT2D eigenvalue weighted by Crippen LogP contribution is -2.23. The maximum absolute atomic E-state index is 12.9. The summed E-state index contributed by atoms with van der Waals surface area (Å²) in [6.07, 6.45) is 3.73. The number of benzene rings is 2. The molecular weight excluding hydrogens is 530 g/mol. The van der Waals surface area contributed by atoms with Crippen LogP contribution in [0.25, 0.3) is 33.1 Å². The normalized spacial score (nSPS) is 14.6. The average molecular weight is 558 g/mol. The zero-order valence-electron chi connectivity index (χ0n) is 21.8. The Hall–Kier alpha value is -4.19. The summed E-state index contributed by atoms with van der Waals surface area (Å²) in [5.41, 5.74) is 4.86. The number of aromatic nitrogens is 4. The third kappa shape index (κ3) is 5.18. The fourth-order valence-corrected chi connectivity index (χ4v) is 6.15. The van der Waals surface area contributed by atoms with E-state index in [1.165, 1.54) is 6.07 Å². The highest BCUT2D eigenvalue weighted by molar-refractivity contribution is 7.91. The van der Waals surface area contributed by atoms with Crippen molar-refractivity contribution in [3.8, 4) is 11.3 Å². The summed E-state index contributed by atoms with van der Waals surface area (Å²) in [6, 6.07) is 16.4. The lowest BCUT2D eigenvalue weighted by Gasteiger charge is -2.10. The molecule has 1 aliphatic heterocycles. The molecular formula is C29H27N5O5S. The van der Waals surface area contributed by atoms with Gasteiger partial charge in [0, 0.05) is 41.4 Å². The van der Waals surface area contributed by atoms with E-state index >= 15 is 0 Å².